The summed E-state index contributed by atoms with van der Waals surface area (Å²) in [4.78, 5) is 12.0. The van der Waals surface area contributed by atoms with Crippen molar-refractivity contribution < 1.29 is 4.79 Å². The summed E-state index contributed by atoms with van der Waals surface area (Å²) in [6.07, 6.45) is 0.904. The van der Waals surface area contributed by atoms with E-state index in [0.717, 1.165) is 39.7 Å². The Morgan fingerprint density at radius 1 is 1.19 bits per heavy atom. The number of alkyl halides is 1. The number of fused-ring (bicyclic) bond motifs is 1. The van der Waals surface area contributed by atoms with E-state index in [2.05, 4.69) is 90.1 Å². The molecule has 21 heavy (non-hydrogen) atoms. The lowest BCUT2D eigenvalue weighted by Crippen LogP contribution is -2.31. The number of amides is 1. The highest BCUT2D eigenvalue weighted by atomic mass is 127. The zero-order valence-electron chi connectivity index (χ0n) is 11.0. The van der Waals surface area contributed by atoms with E-state index >= 15 is 0 Å². The Morgan fingerprint density at radius 2 is 2.00 bits per heavy atom. The van der Waals surface area contributed by atoms with E-state index in [1.54, 1.807) is 0 Å². The van der Waals surface area contributed by atoms with Crippen LogP contribution in [0.3, 0.4) is 0 Å². The summed E-state index contributed by atoms with van der Waals surface area (Å²) < 4.78 is 2.25. The number of hydrogen-bond donors (Lipinski definition) is 1. The number of nitrogens with one attached hydrogen (secondary N) is 1. The molecule has 0 saturated heterocycles. The second-order valence-corrected chi connectivity index (χ2v) is 7.97. The van der Waals surface area contributed by atoms with Gasteiger partial charge in [0.05, 0.1) is 4.83 Å². The number of hydrogen-bond acceptors (Lipinski definition) is 1. The first kappa shape index (κ1) is 15.5. The first-order valence-corrected chi connectivity index (χ1v) is 9.35. The monoisotopic (exact) mass is 519 g/mol. The van der Waals surface area contributed by atoms with Gasteiger partial charge in [-0.2, -0.15) is 0 Å². The highest BCUT2D eigenvalue weighted by Crippen LogP contribution is 2.37. The van der Waals surface area contributed by atoms with Gasteiger partial charge in [0, 0.05) is 20.2 Å². The predicted octanol–water partition coefficient (Wildman–Crippen LogP) is 4.82. The SMILES string of the molecule is O=C1NCCc2ccc(C(Br)c3cc(I)ccc3Br)cc21. The molecule has 0 aliphatic carbocycles. The molecule has 0 fully saturated rings. The van der Waals surface area contributed by atoms with E-state index < -0.39 is 0 Å². The molecule has 1 heterocycles. The average Bonchev–Trinajstić information content (AvgIpc) is 2.49. The van der Waals surface area contributed by atoms with Gasteiger partial charge in [-0.15, -0.1) is 0 Å². The summed E-state index contributed by atoms with van der Waals surface area (Å²) in [7, 11) is 0. The third-order valence-electron chi connectivity index (χ3n) is 3.58. The van der Waals surface area contributed by atoms with Gasteiger partial charge in [0.15, 0.2) is 0 Å². The van der Waals surface area contributed by atoms with E-state index in [9.17, 15) is 4.79 Å². The minimum absolute atomic E-state index is 0.0273. The highest BCUT2D eigenvalue weighted by molar-refractivity contribution is 14.1. The molecular weight excluding hydrogens is 509 g/mol. The van der Waals surface area contributed by atoms with Crippen LogP contribution < -0.4 is 5.32 Å². The fourth-order valence-corrected chi connectivity index (χ4v) is 4.44. The lowest BCUT2D eigenvalue weighted by molar-refractivity contribution is 0.0946. The molecular formula is C16H12Br2INO. The van der Waals surface area contributed by atoms with Crippen LogP contribution in [0, 0.1) is 3.57 Å². The Morgan fingerprint density at radius 3 is 2.81 bits per heavy atom. The number of halogens is 3. The first-order valence-electron chi connectivity index (χ1n) is 6.56. The van der Waals surface area contributed by atoms with Crippen LogP contribution in [0.2, 0.25) is 0 Å². The van der Waals surface area contributed by atoms with Gasteiger partial charge >= 0.3 is 0 Å². The Kier molecular flexibility index (Phi) is 4.71. The largest absolute Gasteiger partial charge is 0.352 e. The maximum Gasteiger partial charge on any atom is 0.251 e. The number of benzene rings is 2. The number of rotatable bonds is 2. The third-order valence-corrected chi connectivity index (χ3v) is 6.00. The van der Waals surface area contributed by atoms with E-state index in [-0.39, 0.29) is 10.7 Å². The maximum atomic E-state index is 12.0. The third kappa shape index (κ3) is 3.19. The Labute approximate surface area is 154 Å². The van der Waals surface area contributed by atoms with Crippen LogP contribution in [0.1, 0.15) is 31.9 Å². The van der Waals surface area contributed by atoms with Crippen molar-refractivity contribution in [1.82, 2.24) is 5.32 Å². The molecule has 2 aromatic rings. The zero-order valence-corrected chi connectivity index (χ0v) is 16.3. The van der Waals surface area contributed by atoms with Crippen molar-refractivity contribution in [2.24, 2.45) is 0 Å². The van der Waals surface area contributed by atoms with Gasteiger partial charge in [-0.25, -0.2) is 0 Å². The summed E-state index contributed by atoms with van der Waals surface area (Å²) in [6, 6.07) is 12.4. The smallest absolute Gasteiger partial charge is 0.251 e. The predicted molar refractivity (Wildman–Crippen MR) is 100 cm³/mol. The second-order valence-electron chi connectivity index (χ2n) is 4.95. The minimum atomic E-state index is 0.0273. The maximum absolute atomic E-state index is 12.0. The van der Waals surface area contributed by atoms with E-state index in [1.807, 2.05) is 6.07 Å². The number of carbonyl (C=O) groups is 1. The molecule has 0 aromatic heterocycles. The zero-order chi connectivity index (χ0) is 15.0. The van der Waals surface area contributed by atoms with Gasteiger partial charge in [0.2, 0.25) is 0 Å². The van der Waals surface area contributed by atoms with Crippen LogP contribution in [0.4, 0.5) is 0 Å². The van der Waals surface area contributed by atoms with Crippen LogP contribution in [0.25, 0.3) is 0 Å². The van der Waals surface area contributed by atoms with Gasteiger partial charge in [0.25, 0.3) is 5.91 Å². The molecule has 1 aliphatic rings. The molecule has 108 valence electrons. The molecule has 1 aliphatic heterocycles. The molecule has 0 radical (unpaired) electrons. The Hall–Kier alpha value is -0.400. The Bertz CT molecular complexity index is 717. The summed E-state index contributed by atoms with van der Waals surface area (Å²) in [5, 5.41) is 2.90. The van der Waals surface area contributed by atoms with Crippen molar-refractivity contribution in [2.75, 3.05) is 6.54 Å². The van der Waals surface area contributed by atoms with Crippen molar-refractivity contribution >= 4 is 60.4 Å². The fraction of sp³-hybridized carbons (Fsp3) is 0.188. The molecule has 0 spiro atoms. The second kappa shape index (κ2) is 6.38. The fourth-order valence-electron chi connectivity index (χ4n) is 2.48. The minimum Gasteiger partial charge on any atom is -0.352 e. The van der Waals surface area contributed by atoms with Crippen molar-refractivity contribution in [3.05, 3.63) is 66.7 Å². The molecule has 2 nitrogen and oxygen atoms in total. The summed E-state index contributed by atoms with van der Waals surface area (Å²) in [6.45, 7) is 0.728. The van der Waals surface area contributed by atoms with Crippen LogP contribution in [-0.4, -0.2) is 12.5 Å². The van der Waals surface area contributed by atoms with Gasteiger partial charge < -0.3 is 5.32 Å². The van der Waals surface area contributed by atoms with Gasteiger partial charge in [-0.3, -0.25) is 4.79 Å². The van der Waals surface area contributed by atoms with Crippen LogP contribution >= 0.6 is 54.5 Å². The molecule has 0 saturated carbocycles. The lowest BCUT2D eigenvalue weighted by Gasteiger charge is -2.19. The van der Waals surface area contributed by atoms with Crippen LogP contribution in [-0.2, 0) is 6.42 Å². The van der Waals surface area contributed by atoms with Crippen molar-refractivity contribution in [3.63, 3.8) is 0 Å². The summed E-state index contributed by atoms with van der Waals surface area (Å²) >= 11 is 9.67. The molecule has 1 atom stereocenters. The van der Waals surface area contributed by atoms with Crippen molar-refractivity contribution in [1.29, 1.82) is 0 Å². The quantitative estimate of drug-likeness (QED) is 0.446. The van der Waals surface area contributed by atoms with E-state index in [0.29, 0.717) is 0 Å². The molecule has 1 N–H and O–H groups in total. The number of carbonyl (C=O) groups excluding carboxylic acids is 1. The van der Waals surface area contributed by atoms with Gasteiger partial charge in [-0.1, -0.05) is 44.0 Å². The topological polar surface area (TPSA) is 29.1 Å². The summed E-state index contributed by atoms with van der Waals surface area (Å²) in [5.74, 6) is 0.0273. The van der Waals surface area contributed by atoms with E-state index in [4.69, 9.17) is 0 Å². The average molecular weight is 521 g/mol. The molecule has 1 unspecified atom stereocenters. The van der Waals surface area contributed by atoms with Crippen molar-refractivity contribution in [2.45, 2.75) is 11.2 Å². The van der Waals surface area contributed by atoms with Crippen LogP contribution in [0.5, 0.6) is 0 Å². The van der Waals surface area contributed by atoms with E-state index in [1.165, 1.54) is 3.57 Å². The standard InChI is InChI=1S/C16H12Br2INO/c17-14-4-3-11(19)8-13(14)15(18)10-2-1-9-5-6-20-16(21)12(9)7-10/h1-4,7-8,15H,5-6H2,(H,20,21). The molecule has 1 amide bonds. The summed E-state index contributed by atoms with van der Waals surface area (Å²) in [5.41, 5.74) is 4.18. The molecule has 3 rings (SSSR count). The van der Waals surface area contributed by atoms with Gasteiger partial charge in [-0.05, 0) is 70.0 Å². The molecule has 5 heteroatoms. The molecule has 2 aromatic carbocycles. The lowest BCUT2D eigenvalue weighted by atomic mass is 9.95. The van der Waals surface area contributed by atoms with Gasteiger partial charge in [0.1, 0.15) is 0 Å². The Balaban J connectivity index is 2.02. The first-order chi connectivity index (χ1) is 10.1. The highest BCUT2D eigenvalue weighted by Gasteiger charge is 2.20. The van der Waals surface area contributed by atoms with Crippen LogP contribution in [0.15, 0.2) is 40.9 Å². The van der Waals surface area contributed by atoms with Crippen molar-refractivity contribution in [3.8, 4) is 0 Å². The normalized spacial score (nSPS) is 15.3. The molecule has 0 bridgehead atoms.